The van der Waals surface area contributed by atoms with Gasteiger partial charge in [-0.05, 0) is 67.9 Å². The van der Waals surface area contributed by atoms with E-state index in [1.54, 1.807) is 4.90 Å². The second-order valence-electron chi connectivity index (χ2n) is 7.26. The molecule has 2 heterocycles. The number of nitrogens with one attached hydrogen (secondary N) is 1. The Morgan fingerprint density at radius 2 is 2.15 bits per heavy atom. The van der Waals surface area contributed by atoms with E-state index in [0.29, 0.717) is 6.54 Å². The van der Waals surface area contributed by atoms with Crippen molar-refractivity contribution in [2.75, 3.05) is 26.3 Å². The summed E-state index contributed by atoms with van der Waals surface area (Å²) in [7, 11) is 0. The monoisotopic (exact) mass is 357 g/mol. The number of nitrogens with zero attached hydrogens (tertiary/aromatic N) is 2. The Bertz CT molecular complexity index is 690. The van der Waals surface area contributed by atoms with Gasteiger partial charge in [0.15, 0.2) is 0 Å². The fraction of sp³-hybridized carbons (Fsp3) is 0.600. The molecular weight excluding hydrogens is 330 g/mol. The van der Waals surface area contributed by atoms with Crippen LogP contribution in [0.25, 0.3) is 0 Å². The fourth-order valence-electron chi connectivity index (χ4n) is 4.33. The lowest BCUT2D eigenvalue weighted by atomic mass is 9.88. The van der Waals surface area contributed by atoms with Gasteiger partial charge in [0.05, 0.1) is 18.7 Å². The van der Waals surface area contributed by atoms with Crippen LogP contribution in [0.4, 0.5) is 0 Å². The van der Waals surface area contributed by atoms with Crippen molar-refractivity contribution < 1.29 is 14.6 Å². The van der Waals surface area contributed by atoms with Crippen LogP contribution >= 0.6 is 0 Å². The molecule has 0 unspecified atom stereocenters. The van der Waals surface area contributed by atoms with E-state index in [1.165, 1.54) is 5.56 Å². The summed E-state index contributed by atoms with van der Waals surface area (Å²) in [5, 5.41) is 21.5. The molecule has 0 aromatic heterocycles. The molecule has 0 bridgehead atoms. The molecule has 0 saturated carbocycles. The van der Waals surface area contributed by atoms with Gasteiger partial charge >= 0.3 is 0 Å². The van der Waals surface area contributed by atoms with Gasteiger partial charge in [-0.3, -0.25) is 4.79 Å². The highest BCUT2D eigenvalue weighted by Crippen LogP contribution is 2.34. The number of carbonyl (C=O) groups excluding carboxylic acids is 1. The fourth-order valence-corrected chi connectivity index (χ4v) is 4.33. The van der Waals surface area contributed by atoms with Crippen LogP contribution in [-0.4, -0.2) is 54.3 Å². The third kappa shape index (κ3) is 3.69. The van der Waals surface area contributed by atoms with Crippen molar-refractivity contribution in [1.29, 1.82) is 5.26 Å². The van der Waals surface area contributed by atoms with Gasteiger partial charge < -0.3 is 20.1 Å². The van der Waals surface area contributed by atoms with E-state index in [1.807, 2.05) is 12.1 Å². The van der Waals surface area contributed by atoms with Crippen molar-refractivity contribution >= 4 is 5.91 Å². The molecule has 2 aliphatic rings. The number of rotatable bonds is 5. The van der Waals surface area contributed by atoms with Gasteiger partial charge in [-0.15, -0.1) is 0 Å². The second-order valence-corrected chi connectivity index (χ2v) is 7.26. The Balaban J connectivity index is 1.71. The van der Waals surface area contributed by atoms with Gasteiger partial charge in [0.2, 0.25) is 5.91 Å². The summed E-state index contributed by atoms with van der Waals surface area (Å²) >= 11 is 0. The quantitative estimate of drug-likeness (QED) is 0.837. The average Bonchev–Trinajstić information content (AvgIpc) is 3.28. The summed E-state index contributed by atoms with van der Waals surface area (Å²) in [6.45, 7) is 5.87. The van der Waals surface area contributed by atoms with Crippen LogP contribution in [0.1, 0.15) is 41.9 Å². The summed E-state index contributed by atoms with van der Waals surface area (Å²) in [6, 6.07) is 5.77. The number of aliphatic hydroxyl groups excluding tert-OH is 1. The molecule has 3 rings (SSSR count). The highest BCUT2D eigenvalue weighted by molar-refractivity contribution is 5.83. The third-order valence-electron chi connectivity index (χ3n) is 5.45. The number of benzene rings is 1. The number of aliphatic hydroxyl groups is 1. The SMILES string of the molecule is Cc1cc(OCCO)cc(C)c1[C@@H]1CN[C@H](C(=O)N2CCC[C@H]2C#N)C1. The molecule has 3 atom stereocenters. The molecule has 140 valence electrons. The van der Waals surface area contributed by atoms with E-state index in [4.69, 9.17) is 9.84 Å². The number of hydrogen-bond donors (Lipinski definition) is 2. The van der Waals surface area contributed by atoms with E-state index in [-0.39, 0.29) is 37.1 Å². The van der Waals surface area contributed by atoms with Crippen LogP contribution in [0.5, 0.6) is 5.75 Å². The van der Waals surface area contributed by atoms with E-state index in [2.05, 4.69) is 25.2 Å². The maximum atomic E-state index is 12.8. The predicted molar refractivity (Wildman–Crippen MR) is 98.0 cm³/mol. The highest BCUT2D eigenvalue weighted by Gasteiger charge is 2.38. The minimum absolute atomic E-state index is 0.00360. The first kappa shape index (κ1) is 18.7. The number of hydrogen-bond acceptors (Lipinski definition) is 5. The maximum Gasteiger partial charge on any atom is 0.240 e. The summed E-state index contributed by atoms with van der Waals surface area (Å²) in [5.41, 5.74) is 3.56. The first-order valence-corrected chi connectivity index (χ1v) is 9.33. The van der Waals surface area contributed by atoms with Crippen molar-refractivity contribution in [1.82, 2.24) is 10.2 Å². The molecule has 0 radical (unpaired) electrons. The lowest BCUT2D eigenvalue weighted by Crippen LogP contribution is -2.45. The van der Waals surface area contributed by atoms with Gasteiger partial charge in [-0.25, -0.2) is 0 Å². The zero-order chi connectivity index (χ0) is 18.7. The van der Waals surface area contributed by atoms with Crippen LogP contribution in [0.15, 0.2) is 12.1 Å². The lowest BCUT2D eigenvalue weighted by Gasteiger charge is -2.23. The van der Waals surface area contributed by atoms with Crippen LogP contribution < -0.4 is 10.1 Å². The first-order chi connectivity index (χ1) is 12.5. The van der Waals surface area contributed by atoms with Gasteiger partial charge in [0.1, 0.15) is 18.4 Å². The second kappa shape index (κ2) is 8.07. The third-order valence-corrected chi connectivity index (χ3v) is 5.45. The number of ether oxygens (including phenoxy) is 1. The van der Waals surface area contributed by atoms with E-state index < -0.39 is 0 Å². The number of aryl methyl sites for hydroxylation is 2. The number of likely N-dealkylation sites (tertiary alicyclic amines) is 1. The summed E-state index contributed by atoms with van der Waals surface area (Å²) in [4.78, 5) is 14.5. The van der Waals surface area contributed by atoms with Gasteiger partial charge in [-0.2, -0.15) is 5.26 Å². The predicted octanol–water partition coefficient (Wildman–Crippen LogP) is 1.63. The molecule has 2 fully saturated rings. The zero-order valence-corrected chi connectivity index (χ0v) is 15.5. The van der Waals surface area contributed by atoms with Gasteiger partial charge in [-0.1, -0.05) is 0 Å². The summed E-state index contributed by atoms with van der Waals surface area (Å²) < 4.78 is 5.53. The maximum absolute atomic E-state index is 12.8. The molecule has 2 N–H and O–H groups in total. The van der Waals surface area contributed by atoms with Crippen LogP contribution in [0, 0.1) is 25.2 Å². The molecule has 2 aliphatic heterocycles. The molecule has 1 aromatic rings. The Morgan fingerprint density at radius 3 is 2.81 bits per heavy atom. The van der Waals surface area contributed by atoms with E-state index in [9.17, 15) is 10.1 Å². The summed E-state index contributed by atoms with van der Waals surface area (Å²) in [5.74, 6) is 1.11. The molecule has 0 aliphatic carbocycles. The molecular formula is C20H27N3O3. The standard InChI is InChI=1S/C20H27N3O3/c1-13-8-17(26-7-6-24)9-14(2)19(13)15-10-18(22-12-15)20(25)23-5-3-4-16(23)11-21/h8-9,15-16,18,22,24H,3-7,10,12H2,1-2H3/t15-,16-,18-/m0/s1. The van der Waals surface area contributed by atoms with Gasteiger partial charge in [0.25, 0.3) is 0 Å². The summed E-state index contributed by atoms with van der Waals surface area (Å²) in [6.07, 6.45) is 2.45. The van der Waals surface area contributed by atoms with Crippen molar-refractivity contribution in [3.63, 3.8) is 0 Å². The zero-order valence-electron chi connectivity index (χ0n) is 15.5. The minimum Gasteiger partial charge on any atom is -0.491 e. The molecule has 1 aromatic carbocycles. The Labute approximate surface area is 154 Å². The molecule has 6 heteroatoms. The smallest absolute Gasteiger partial charge is 0.240 e. The normalized spacial score (nSPS) is 25.3. The van der Waals surface area contributed by atoms with Crippen molar-refractivity contribution in [2.24, 2.45) is 0 Å². The van der Waals surface area contributed by atoms with Crippen molar-refractivity contribution in [2.45, 2.75) is 51.1 Å². The molecule has 1 amide bonds. The average molecular weight is 357 g/mol. The molecule has 6 nitrogen and oxygen atoms in total. The lowest BCUT2D eigenvalue weighted by molar-refractivity contribution is -0.133. The van der Waals surface area contributed by atoms with E-state index >= 15 is 0 Å². The Morgan fingerprint density at radius 1 is 1.42 bits per heavy atom. The first-order valence-electron chi connectivity index (χ1n) is 9.33. The molecule has 26 heavy (non-hydrogen) atoms. The van der Waals surface area contributed by atoms with Gasteiger partial charge in [0, 0.05) is 13.1 Å². The molecule has 2 saturated heterocycles. The largest absolute Gasteiger partial charge is 0.491 e. The van der Waals surface area contributed by atoms with Crippen LogP contribution in [0.2, 0.25) is 0 Å². The number of amides is 1. The topological polar surface area (TPSA) is 85.6 Å². The number of nitriles is 1. The molecule has 0 spiro atoms. The highest BCUT2D eigenvalue weighted by atomic mass is 16.5. The Kier molecular flexibility index (Phi) is 5.80. The Hall–Kier alpha value is -2.10. The van der Waals surface area contributed by atoms with Crippen LogP contribution in [0.3, 0.4) is 0 Å². The van der Waals surface area contributed by atoms with Crippen LogP contribution in [-0.2, 0) is 4.79 Å². The van der Waals surface area contributed by atoms with Crippen molar-refractivity contribution in [3.05, 3.63) is 28.8 Å². The number of carbonyl (C=O) groups is 1. The van der Waals surface area contributed by atoms with Crippen molar-refractivity contribution in [3.8, 4) is 11.8 Å². The minimum atomic E-state index is -0.269. The van der Waals surface area contributed by atoms with E-state index in [0.717, 1.165) is 42.7 Å².